The lowest BCUT2D eigenvalue weighted by atomic mass is 10.1. The van der Waals surface area contributed by atoms with E-state index in [1.54, 1.807) is 0 Å². The second-order valence-electron chi connectivity index (χ2n) is 6.84. The summed E-state index contributed by atoms with van der Waals surface area (Å²) in [7, 11) is 0. The third-order valence-electron chi connectivity index (χ3n) is 4.41. The standard InChI is InChI=1S/C19H25N5O2/c1-12(2)21-18-16(9-20)19(25)23-17(22-18)13(3)24-10-15(11-24)26-14-7-5-4-6-8-14/h4-9,12-13,15,20H,10-11H2,1-3H3,(H2,21,22,23,25). The molecule has 1 saturated heterocycles. The predicted molar refractivity (Wildman–Crippen MR) is 102 cm³/mol. The van der Waals surface area contributed by atoms with Gasteiger partial charge in [-0.05, 0) is 32.9 Å². The fraction of sp³-hybridized carbons (Fsp3) is 0.421. The van der Waals surface area contributed by atoms with Crippen LogP contribution in [0.25, 0.3) is 0 Å². The number of hydrogen-bond donors (Lipinski definition) is 3. The molecule has 1 aromatic heterocycles. The third-order valence-corrected chi connectivity index (χ3v) is 4.41. The van der Waals surface area contributed by atoms with Gasteiger partial charge in [0.25, 0.3) is 5.56 Å². The molecule has 0 spiro atoms. The summed E-state index contributed by atoms with van der Waals surface area (Å²) in [4.78, 5) is 21.9. The van der Waals surface area contributed by atoms with Gasteiger partial charge >= 0.3 is 0 Å². The second kappa shape index (κ2) is 7.70. The Morgan fingerprint density at radius 2 is 2.00 bits per heavy atom. The number of nitrogens with one attached hydrogen (secondary N) is 3. The van der Waals surface area contributed by atoms with Crippen LogP contribution in [0.4, 0.5) is 5.82 Å². The van der Waals surface area contributed by atoms with E-state index in [0.717, 1.165) is 25.1 Å². The molecule has 3 rings (SSSR count). The highest BCUT2D eigenvalue weighted by Gasteiger charge is 2.33. The minimum atomic E-state index is -0.294. The van der Waals surface area contributed by atoms with Crippen LogP contribution in [0.15, 0.2) is 35.1 Å². The van der Waals surface area contributed by atoms with Crippen LogP contribution in [0.2, 0.25) is 0 Å². The maximum atomic E-state index is 12.3. The molecule has 1 aliphatic heterocycles. The maximum absolute atomic E-state index is 12.3. The molecule has 138 valence electrons. The number of aromatic amines is 1. The van der Waals surface area contributed by atoms with Gasteiger partial charge in [-0.1, -0.05) is 18.2 Å². The van der Waals surface area contributed by atoms with Crippen molar-refractivity contribution in [3.8, 4) is 5.75 Å². The first-order valence-electron chi connectivity index (χ1n) is 8.85. The van der Waals surface area contributed by atoms with Gasteiger partial charge in [0.05, 0.1) is 11.6 Å². The Bertz CT molecular complexity index is 812. The summed E-state index contributed by atoms with van der Waals surface area (Å²) in [6.07, 6.45) is 1.18. The Morgan fingerprint density at radius 1 is 1.31 bits per heavy atom. The Labute approximate surface area is 152 Å². The molecule has 1 unspecified atom stereocenters. The molecular weight excluding hydrogens is 330 g/mol. The van der Waals surface area contributed by atoms with Crippen molar-refractivity contribution in [2.24, 2.45) is 0 Å². The molecule has 7 nitrogen and oxygen atoms in total. The zero-order valence-corrected chi connectivity index (χ0v) is 15.3. The first kappa shape index (κ1) is 18.1. The lowest BCUT2D eigenvalue weighted by Crippen LogP contribution is -2.54. The summed E-state index contributed by atoms with van der Waals surface area (Å²) in [5, 5.41) is 10.6. The van der Waals surface area contributed by atoms with Crippen molar-refractivity contribution in [1.82, 2.24) is 14.9 Å². The zero-order valence-electron chi connectivity index (χ0n) is 15.3. The van der Waals surface area contributed by atoms with Gasteiger partial charge in [-0.15, -0.1) is 0 Å². The van der Waals surface area contributed by atoms with E-state index in [0.29, 0.717) is 11.6 Å². The van der Waals surface area contributed by atoms with E-state index in [9.17, 15) is 4.79 Å². The summed E-state index contributed by atoms with van der Waals surface area (Å²) in [5.41, 5.74) is -0.0406. The molecule has 1 atom stereocenters. The molecule has 0 amide bonds. The van der Waals surface area contributed by atoms with Gasteiger partial charge in [0.2, 0.25) is 0 Å². The summed E-state index contributed by atoms with van der Waals surface area (Å²) < 4.78 is 5.93. The normalized spacial score (nSPS) is 16.2. The van der Waals surface area contributed by atoms with Crippen LogP contribution in [-0.2, 0) is 0 Å². The molecule has 2 heterocycles. The highest BCUT2D eigenvalue weighted by atomic mass is 16.5. The topological polar surface area (TPSA) is 94.1 Å². The van der Waals surface area contributed by atoms with Gasteiger partial charge in [-0.25, -0.2) is 4.98 Å². The highest BCUT2D eigenvalue weighted by molar-refractivity contribution is 5.83. The quantitative estimate of drug-likeness (QED) is 0.663. The Balaban J connectivity index is 1.69. The van der Waals surface area contributed by atoms with Crippen LogP contribution in [0.1, 0.15) is 38.2 Å². The summed E-state index contributed by atoms with van der Waals surface area (Å²) in [6.45, 7) is 7.51. The van der Waals surface area contributed by atoms with Gasteiger partial charge in [0, 0.05) is 25.3 Å². The van der Waals surface area contributed by atoms with Gasteiger partial charge in [-0.3, -0.25) is 9.69 Å². The first-order chi connectivity index (χ1) is 12.5. The average molecular weight is 355 g/mol. The van der Waals surface area contributed by atoms with E-state index in [1.807, 2.05) is 51.1 Å². The number of likely N-dealkylation sites (tertiary alicyclic amines) is 1. The fourth-order valence-electron chi connectivity index (χ4n) is 2.94. The average Bonchev–Trinajstić information content (AvgIpc) is 2.57. The minimum absolute atomic E-state index is 0.0363. The SMILES string of the molecule is CC(C)Nc1nc(C(C)N2CC(Oc3ccccc3)C2)[nH]c(=O)c1C=N. The zero-order chi connectivity index (χ0) is 18.7. The number of benzene rings is 1. The van der Waals surface area contributed by atoms with Gasteiger partial charge < -0.3 is 20.4 Å². The number of ether oxygens (including phenoxy) is 1. The van der Waals surface area contributed by atoms with E-state index in [1.165, 1.54) is 0 Å². The molecule has 1 aliphatic rings. The minimum Gasteiger partial charge on any atom is -0.488 e. The largest absolute Gasteiger partial charge is 0.488 e. The molecule has 0 bridgehead atoms. The third kappa shape index (κ3) is 3.94. The van der Waals surface area contributed by atoms with Crippen molar-refractivity contribution in [3.05, 3.63) is 52.1 Å². The number of para-hydroxylation sites is 1. The number of hydrogen-bond acceptors (Lipinski definition) is 6. The smallest absolute Gasteiger partial charge is 0.261 e. The molecule has 1 fully saturated rings. The molecule has 1 aromatic carbocycles. The molecule has 0 radical (unpaired) electrons. The summed E-state index contributed by atoms with van der Waals surface area (Å²) in [6, 6.07) is 9.86. The lowest BCUT2D eigenvalue weighted by Gasteiger charge is -2.42. The molecular formula is C19H25N5O2. The van der Waals surface area contributed by atoms with Crippen molar-refractivity contribution in [3.63, 3.8) is 0 Å². The summed E-state index contributed by atoms with van der Waals surface area (Å²) >= 11 is 0. The Kier molecular flexibility index (Phi) is 5.37. The summed E-state index contributed by atoms with van der Waals surface area (Å²) in [5.74, 6) is 1.93. The number of anilines is 1. The van der Waals surface area contributed by atoms with Crippen molar-refractivity contribution in [2.45, 2.75) is 39.0 Å². The van der Waals surface area contributed by atoms with Crippen molar-refractivity contribution < 1.29 is 4.74 Å². The number of aromatic nitrogens is 2. The number of H-pyrrole nitrogens is 1. The van der Waals surface area contributed by atoms with Gasteiger partial charge in [0.1, 0.15) is 23.5 Å². The predicted octanol–water partition coefficient (Wildman–Crippen LogP) is 2.41. The highest BCUT2D eigenvalue weighted by Crippen LogP contribution is 2.26. The van der Waals surface area contributed by atoms with Crippen LogP contribution in [0.3, 0.4) is 0 Å². The van der Waals surface area contributed by atoms with Crippen LogP contribution < -0.4 is 15.6 Å². The lowest BCUT2D eigenvalue weighted by molar-refractivity contribution is -0.00738. The van der Waals surface area contributed by atoms with Crippen molar-refractivity contribution in [2.75, 3.05) is 18.4 Å². The van der Waals surface area contributed by atoms with Crippen LogP contribution >= 0.6 is 0 Å². The van der Waals surface area contributed by atoms with Crippen LogP contribution in [-0.4, -0.2) is 46.3 Å². The molecule has 26 heavy (non-hydrogen) atoms. The second-order valence-corrected chi connectivity index (χ2v) is 6.84. The Hall–Kier alpha value is -2.67. The van der Waals surface area contributed by atoms with E-state index in [-0.39, 0.29) is 29.3 Å². The van der Waals surface area contributed by atoms with E-state index in [2.05, 4.69) is 20.2 Å². The van der Waals surface area contributed by atoms with Gasteiger partial charge in [-0.2, -0.15) is 0 Å². The molecule has 7 heteroatoms. The van der Waals surface area contributed by atoms with E-state index < -0.39 is 0 Å². The maximum Gasteiger partial charge on any atom is 0.261 e. The number of nitrogens with zero attached hydrogens (tertiary/aromatic N) is 2. The Morgan fingerprint density at radius 3 is 2.62 bits per heavy atom. The van der Waals surface area contributed by atoms with Gasteiger partial charge in [0.15, 0.2) is 0 Å². The molecule has 0 saturated carbocycles. The molecule has 3 N–H and O–H groups in total. The van der Waals surface area contributed by atoms with Crippen LogP contribution in [0, 0.1) is 5.41 Å². The fourth-order valence-corrected chi connectivity index (χ4v) is 2.94. The monoisotopic (exact) mass is 355 g/mol. The van der Waals surface area contributed by atoms with E-state index >= 15 is 0 Å². The van der Waals surface area contributed by atoms with Crippen molar-refractivity contribution >= 4 is 12.0 Å². The molecule has 2 aromatic rings. The van der Waals surface area contributed by atoms with E-state index in [4.69, 9.17) is 10.1 Å². The number of rotatable bonds is 7. The first-order valence-corrected chi connectivity index (χ1v) is 8.85. The molecule has 0 aliphatic carbocycles. The van der Waals surface area contributed by atoms with Crippen LogP contribution in [0.5, 0.6) is 5.75 Å². The van der Waals surface area contributed by atoms with Crippen molar-refractivity contribution in [1.29, 1.82) is 5.41 Å².